The monoisotopic (exact) mass is 336 g/mol. The van der Waals surface area contributed by atoms with Crippen molar-refractivity contribution in [2.24, 2.45) is 11.3 Å². The summed E-state index contributed by atoms with van der Waals surface area (Å²) in [7, 11) is 0. The molecule has 1 aromatic carbocycles. The van der Waals surface area contributed by atoms with Gasteiger partial charge in [0, 0.05) is 31.7 Å². The number of rotatable bonds is 4. The van der Waals surface area contributed by atoms with Crippen molar-refractivity contribution in [1.29, 1.82) is 0 Å². The number of halogens is 2. The Morgan fingerprint density at radius 1 is 1.21 bits per heavy atom. The summed E-state index contributed by atoms with van der Waals surface area (Å²) in [6, 6.07) is 4.17. The van der Waals surface area contributed by atoms with Crippen molar-refractivity contribution in [2.75, 3.05) is 26.2 Å². The summed E-state index contributed by atoms with van der Waals surface area (Å²) in [5.41, 5.74) is -0.0610. The summed E-state index contributed by atoms with van der Waals surface area (Å²) in [6.07, 6.45) is 2.71. The lowest BCUT2D eigenvalue weighted by Crippen LogP contribution is -2.49. The van der Waals surface area contributed by atoms with Crippen molar-refractivity contribution in [3.8, 4) is 0 Å². The number of benzene rings is 1. The first-order valence-corrected chi connectivity index (χ1v) is 8.86. The molecule has 0 N–H and O–H groups in total. The lowest BCUT2D eigenvalue weighted by molar-refractivity contribution is -0.146. The second-order valence-corrected chi connectivity index (χ2v) is 7.70. The molecule has 1 amide bonds. The minimum atomic E-state index is -0.851. The van der Waals surface area contributed by atoms with Crippen molar-refractivity contribution < 1.29 is 13.6 Å². The molecule has 0 saturated carbocycles. The highest BCUT2D eigenvalue weighted by atomic mass is 19.2. The van der Waals surface area contributed by atoms with Crippen LogP contribution in [0.15, 0.2) is 18.2 Å². The van der Waals surface area contributed by atoms with Gasteiger partial charge in [-0.05, 0) is 37.8 Å². The second kappa shape index (κ2) is 6.79. The number of hydrogen-bond acceptors (Lipinski definition) is 2. The molecule has 2 fully saturated rings. The van der Waals surface area contributed by atoms with Crippen LogP contribution in [0.25, 0.3) is 0 Å². The Kier molecular flexibility index (Phi) is 4.90. The van der Waals surface area contributed by atoms with Crippen LogP contribution in [0.1, 0.15) is 38.7 Å². The van der Waals surface area contributed by atoms with E-state index >= 15 is 0 Å². The quantitative estimate of drug-likeness (QED) is 0.841. The highest BCUT2D eigenvalue weighted by Crippen LogP contribution is 2.40. The average molecular weight is 336 g/mol. The Bertz CT molecular complexity index is 619. The minimum absolute atomic E-state index is 0.115. The van der Waals surface area contributed by atoms with Crippen molar-refractivity contribution in [3.63, 3.8) is 0 Å². The van der Waals surface area contributed by atoms with Crippen LogP contribution in [-0.4, -0.2) is 41.9 Å². The van der Waals surface area contributed by atoms with Crippen molar-refractivity contribution in [3.05, 3.63) is 35.4 Å². The molecule has 2 aliphatic heterocycles. The SMILES string of the molecule is CC(C)CN1CC[C@@]2(CCCN(Cc3cccc(F)c3F)C2=O)C1. The molecule has 3 nitrogen and oxygen atoms in total. The molecular formula is C19H26F2N2O. The lowest BCUT2D eigenvalue weighted by Gasteiger charge is -2.39. The van der Waals surface area contributed by atoms with Gasteiger partial charge >= 0.3 is 0 Å². The molecule has 24 heavy (non-hydrogen) atoms. The molecule has 0 aromatic heterocycles. The summed E-state index contributed by atoms with van der Waals surface area (Å²) >= 11 is 0. The molecule has 132 valence electrons. The van der Waals surface area contributed by atoms with Crippen molar-refractivity contribution in [2.45, 2.75) is 39.7 Å². The number of carbonyl (C=O) groups excluding carboxylic acids is 1. The fraction of sp³-hybridized carbons (Fsp3) is 0.632. The molecule has 2 saturated heterocycles. The summed E-state index contributed by atoms with van der Waals surface area (Å²) in [5, 5.41) is 0. The van der Waals surface area contributed by atoms with E-state index in [1.807, 2.05) is 0 Å². The molecule has 0 bridgehead atoms. The van der Waals surface area contributed by atoms with E-state index in [4.69, 9.17) is 0 Å². The molecule has 1 atom stereocenters. The Morgan fingerprint density at radius 2 is 2.00 bits per heavy atom. The van der Waals surface area contributed by atoms with Gasteiger partial charge < -0.3 is 9.80 Å². The van der Waals surface area contributed by atoms with Gasteiger partial charge in [0.1, 0.15) is 0 Å². The van der Waals surface area contributed by atoms with Crippen LogP contribution in [0.5, 0.6) is 0 Å². The van der Waals surface area contributed by atoms with E-state index in [2.05, 4.69) is 18.7 Å². The zero-order valence-electron chi connectivity index (χ0n) is 14.5. The first-order valence-electron chi connectivity index (χ1n) is 8.86. The highest BCUT2D eigenvalue weighted by Gasteiger charge is 2.48. The smallest absolute Gasteiger partial charge is 0.230 e. The molecule has 3 rings (SSSR count). The van der Waals surface area contributed by atoms with Crippen LogP contribution in [-0.2, 0) is 11.3 Å². The van der Waals surface area contributed by atoms with Crippen LogP contribution >= 0.6 is 0 Å². The standard InChI is InChI=1S/C19H26F2N2O/c1-14(2)11-22-10-8-19(13-22)7-4-9-23(18(19)24)12-15-5-3-6-16(20)17(15)21/h3,5-6,14H,4,7-13H2,1-2H3/t19-/m0/s1. The molecular weight excluding hydrogens is 310 g/mol. The largest absolute Gasteiger partial charge is 0.338 e. The molecule has 1 spiro atoms. The third-order valence-corrected chi connectivity index (χ3v) is 5.27. The normalized spacial score (nSPS) is 25.2. The van der Waals surface area contributed by atoms with E-state index in [1.165, 1.54) is 6.07 Å². The molecule has 1 aromatic rings. The Labute approximate surface area is 142 Å². The maximum absolute atomic E-state index is 13.9. The van der Waals surface area contributed by atoms with Crippen LogP contribution in [0.2, 0.25) is 0 Å². The van der Waals surface area contributed by atoms with E-state index in [1.54, 1.807) is 11.0 Å². The number of nitrogens with zero attached hydrogens (tertiary/aromatic N) is 2. The lowest BCUT2D eigenvalue weighted by atomic mass is 9.78. The van der Waals surface area contributed by atoms with Gasteiger partial charge in [0.2, 0.25) is 5.91 Å². The summed E-state index contributed by atoms with van der Waals surface area (Å²) in [4.78, 5) is 17.2. The molecule has 0 aliphatic carbocycles. The van der Waals surface area contributed by atoms with Gasteiger partial charge in [0.25, 0.3) is 0 Å². The topological polar surface area (TPSA) is 23.6 Å². The molecule has 2 aliphatic rings. The first-order chi connectivity index (χ1) is 11.4. The van der Waals surface area contributed by atoms with Gasteiger partial charge in [-0.3, -0.25) is 4.79 Å². The van der Waals surface area contributed by atoms with Crippen LogP contribution in [0.4, 0.5) is 8.78 Å². The highest BCUT2D eigenvalue weighted by molar-refractivity contribution is 5.84. The Hall–Kier alpha value is -1.49. The van der Waals surface area contributed by atoms with E-state index in [9.17, 15) is 13.6 Å². The maximum Gasteiger partial charge on any atom is 0.230 e. The van der Waals surface area contributed by atoms with Crippen molar-refractivity contribution in [1.82, 2.24) is 9.80 Å². The zero-order valence-corrected chi connectivity index (χ0v) is 14.5. The molecule has 0 unspecified atom stereocenters. The minimum Gasteiger partial charge on any atom is -0.338 e. The van der Waals surface area contributed by atoms with Crippen molar-refractivity contribution >= 4 is 5.91 Å². The molecule has 0 radical (unpaired) electrons. The predicted octanol–water partition coefficient (Wildman–Crippen LogP) is 3.44. The van der Waals surface area contributed by atoms with Gasteiger partial charge in [0.15, 0.2) is 11.6 Å². The number of likely N-dealkylation sites (tertiary alicyclic amines) is 2. The number of amides is 1. The van der Waals surface area contributed by atoms with Gasteiger partial charge in [-0.1, -0.05) is 26.0 Å². The van der Waals surface area contributed by atoms with Gasteiger partial charge in [-0.15, -0.1) is 0 Å². The predicted molar refractivity (Wildman–Crippen MR) is 89.3 cm³/mol. The van der Waals surface area contributed by atoms with E-state index in [-0.39, 0.29) is 23.4 Å². The van der Waals surface area contributed by atoms with Gasteiger partial charge in [-0.2, -0.15) is 0 Å². The zero-order chi connectivity index (χ0) is 17.3. The fourth-order valence-electron chi connectivity index (χ4n) is 4.19. The molecule has 2 heterocycles. The summed E-state index contributed by atoms with van der Waals surface area (Å²) in [5.74, 6) is -0.992. The van der Waals surface area contributed by atoms with E-state index in [0.717, 1.165) is 45.0 Å². The Morgan fingerprint density at radius 3 is 2.75 bits per heavy atom. The van der Waals surface area contributed by atoms with Crippen LogP contribution < -0.4 is 0 Å². The third-order valence-electron chi connectivity index (χ3n) is 5.27. The second-order valence-electron chi connectivity index (χ2n) is 7.70. The summed E-state index contributed by atoms with van der Waals surface area (Å²) < 4.78 is 27.3. The molecule has 5 heteroatoms. The third kappa shape index (κ3) is 3.32. The van der Waals surface area contributed by atoms with E-state index in [0.29, 0.717) is 12.5 Å². The number of hydrogen-bond donors (Lipinski definition) is 0. The average Bonchev–Trinajstić information content (AvgIpc) is 2.92. The number of piperidine rings is 1. The summed E-state index contributed by atoms with van der Waals surface area (Å²) in [6.45, 7) is 7.92. The fourth-order valence-corrected chi connectivity index (χ4v) is 4.19. The van der Waals surface area contributed by atoms with Crippen LogP contribution in [0.3, 0.4) is 0 Å². The maximum atomic E-state index is 13.9. The number of carbonyl (C=O) groups is 1. The van der Waals surface area contributed by atoms with Gasteiger partial charge in [0.05, 0.1) is 5.41 Å². The van der Waals surface area contributed by atoms with Crippen LogP contribution in [0, 0.1) is 23.0 Å². The van der Waals surface area contributed by atoms with E-state index < -0.39 is 11.6 Å². The first kappa shape index (κ1) is 17.3. The van der Waals surface area contributed by atoms with Gasteiger partial charge in [-0.25, -0.2) is 8.78 Å². The Balaban J connectivity index is 1.73.